The van der Waals surface area contributed by atoms with Crippen LogP contribution in [0.2, 0.25) is 0 Å². The average Bonchev–Trinajstić information content (AvgIpc) is 3.05. The molecule has 0 aliphatic carbocycles. The number of para-hydroxylation sites is 1. The van der Waals surface area contributed by atoms with Crippen LogP contribution in [-0.2, 0) is 11.3 Å². The second kappa shape index (κ2) is 8.90. The summed E-state index contributed by atoms with van der Waals surface area (Å²) >= 11 is 5.49. The number of ether oxygens (including phenoxy) is 1. The van der Waals surface area contributed by atoms with Crippen LogP contribution in [0.3, 0.4) is 0 Å². The number of fused-ring (bicyclic) bond motifs is 3. The summed E-state index contributed by atoms with van der Waals surface area (Å²) in [7, 11) is 0. The van der Waals surface area contributed by atoms with Gasteiger partial charge in [-0.25, -0.2) is 0 Å². The summed E-state index contributed by atoms with van der Waals surface area (Å²) in [6, 6.07) is 15.1. The fourth-order valence-electron chi connectivity index (χ4n) is 3.98. The maximum Gasteiger partial charge on any atom is 0.170 e. The Kier molecular flexibility index (Phi) is 6.10. The van der Waals surface area contributed by atoms with Crippen molar-refractivity contribution < 1.29 is 4.74 Å². The van der Waals surface area contributed by atoms with E-state index in [0.717, 1.165) is 58.0 Å². The Morgan fingerprint density at radius 1 is 1.07 bits per heavy atom. The number of rotatable bonds is 6. The van der Waals surface area contributed by atoms with Crippen LogP contribution in [0.5, 0.6) is 0 Å². The monoisotopic (exact) mass is 396 g/mol. The first-order chi connectivity index (χ1) is 13.8. The minimum absolute atomic E-state index is 0.681. The fraction of sp³-hybridized carbons (Fsp3) is 0.409. The van der Waals surface area contributed by atoms with Gasteiger partial charge in [-0.15, -0.1) is 0 Å². The Hall–Kier alpha value is -2.15. The minimum atomic E-state index is 0.681. The van der Waals surface area contributed by atoms with E-state index >= 15 is 0 Å². The highest BCUT2D eigenvalue weighted by molar-refractivity contribution is 7.80. The van der Waals surface area contributed by atoms with Gasteiger partial charge in [0, 0.05) is 53.7 Å². The molecule has 0 amide bonds. The van der Waals surface area contributed by atoms with Crippen LogP contribution in [0.4, 0.5) is 5.69 Å². The van der Waals surface area contributed by atoms with Crippen molar-refractivity contribution in [2.45, 2.75) is 19.9 Å². The molecule has 4 rings (SSSR count). The van der Waals surface area contributed by atoms with Crippen molar-refractivity contribution in [1.29, 1.82) is 0 Å². The molecule has 2 heterocycles. The summed E-state index contributed by atoms with van der Waals surface area (Å²) in [6.45, 7) is 8.88. The van der Waals surface area contributed by atoms with Gasteiger partial charge in [0.05, 0.1) is 13.2 Å². The normalized spacial score (nSPS) is 15.2. The molecule has 3 aromatic rings. The van der Waals surface area contributed by atoms with Gasteiger partial charge >= 0.3 is 0 Å². The Labute approximate surface area is 171 Å². The highest BCUT2D eigenvalue weighted by Gasteiger charge is 2.11. The van der Waals surface area contributed by atoms with E-state index in [1.807, 2.05) is 0 Å². The third kappa shape index (κ3) is 4.14. The Morgan fingerprint density at radius 2 is 1.86 bits per heavy atom. The zero-order valence-electron chi connectivity index (χ0n) is 16.4. The number of hydrogen-bond donors (Lipinski definition) is 2. The molecule has 0 bridgehead atoms. The van der Waals surface area contributed by atoms with Crippen molar-refractivity contribution in [3.63, 3.8) is 0 Å². The summed E-state index contributed by atoms with van der Waals surface area (Å²) in [4.78, 5) is 2.44. The molecule has 1 aliphatic rings. The molecule has 2 aromatic carbocycles. The van der Waals surface area contributed by atoms with E-state index in [2.05, 4.69) is 69.5 Å². The molecule has 0 spiro atoms. The molecule has 1 saturated heterocycles. The molecule has 2 N–H and O–H groups in total. The number of benzene rings is 2. The lowest BCUT2D eigenvalue weighted by Gasteiger charge is -2.26. The summed E-state index contributed by atoms with van der Waals surface area (Å²) in [5.74, 6) is 0. The van der Waals surface area contributed by atoms with Gasteiger partial charge < -0.3 is 19.9 Å². The zero-order valence-corrected chi connectivity index (χ0v) is 17.2. The second-order valence-electron chi connectivity index (χ2n) is 7.18. The number of nitrogens with zero attached hydrogens (tertiary/aromatic N) is 2. The lowest BCUT2D eigenvalue weighted by molar-refractivity contribution is 0.0376. The molecule has 5 nitrogen and oxygen atoms in total. The largest absolute Gasteiger partial charge is 0.379 e. The van der Waals surface area contributed by atoms with Gasteiger partial charge in [0.2, 0.25) is 0 Å². The maximum absolute atomic E-state index is 5.49. The lowest BCUT2D eigenvalue weighted by atomic mass is 10.1. The van der Waals surface area contributed by atoms with Crippen molar-refractivity contribution in [2.75, 3.05) is 44.7 Å². The molecule has 6 heteroatoms. The van der Waals surface area contributed by atoms with Gasteiger partial charge in [0.25, 0.3) is 0 Å². The van der Waals surface area contributed by atoms with E-state index in [4.69, 9.17) is 17.0 Å². The fourth-order valence-corrected chi connectivity index (χ4v) is 4.20. The molecular weight excluding hydrogens is 368 g/mol. The number of thiocarbonyl (C=S) groups is 1. The van der Waals surface area contributed by atoms with Crippen LogP contribution in [0, 0.1) is 0 Å². The highest BCUT2D eigenvalue weighted by Crippen LogP contribution is 2.30. The second-order valence-corrected chi connectivity index (χ2v) is 7.59. The van der Waals surface area contributed by atoms with Crippen molar-refractivity contribution in [2.24, 2.45) is 0 Å². The predicted octanol–water partition coefficient (Wildman–Crippen LogP) is 3.82. The molecule has 1 aliphatic heterocycles. The highest BCUT2D eigenvalue weighted by atomic mass is 32.1. The van der Waals surface area contributed by atoms with Crippen molar-refractivity contribution in [3.8, 4) is 0 Å². The quantitative estimate of drug-likeness (QED) is 0.490. The number of nitrogens with one attached hydrogen (secondary N) is 2. The zero-order chi connectivity index (χ0) is 19.3. The van der Waals surface area contributed by atoms with Crippen LogP contribution < -0.4 is 10.6 Å². The minimum Gasteiger partial charge on any atom is -0.379 e. The van der Waals surface area contributed by atoms with Gasteiger partial charge in [-0.2, -0.15) is 0 Å². The van der Waals surface area contributed by atoms with Gasteiger partial charge in [-0.1, -0.05) is 18.2 Å². The van der Waals surface area contributed by atoms with E-state index in [1.54, 1.807) is 0 Å². The molecule has 1 aromatic heterocycles. The first kappa shape index (κ1) is 19.2. The molecule has 0 saturated carbocycles. The van der Waals surface area contributed by atoms with Crippen molar-refractivity contribution >= 4 is 44.8 Å². The third-order valence-corrected chi connectivity index (χ3v) is 5.63. The number of aryl methyl sites for hydroxylation is 1. The van der Waals surface area contributed by atoms with E-state index in [-0.39, 0.29) is 0 Å². The summed E-state index contributed by atoms with van der Waals surface area (Å²) in [6.07, 6.45) is 1.07. The summed E-state index contributed by atoms with van der Waals surface area (Å²) < 4.78 is 7.74. The van der Waals surface area contributed by atoms with Crippen molar-refractivity contribution in [1.82, 2.24) is 14.8 Å². The molecule has 0 unspecified atom stereocenters. The van der Waals surface area contributed by atoms with E-state index in [1.165, 1.54) is 21.8 Å². The van der Waals surface area contributed by atoms with E-state index in [0.29, 0.717) is 5.11 Å². The molecule has 0 radical (unpaired) electrons. The number of hydrogen-bond acceptors (Lipinski definition) is 3. The molecule has 148 valence electrons. The van der Waals surface area contributed by atoms with Gasteiger partial charge in [0.1, 0.15) is 0 Å². The van der Waals surface area contributed by atoms with Gasteiger partial charge in [-0.05, 0) is 56.4 Å². The van der Waals surface area contributed by atoms with Crippen molar-refractivity contribution in [3.05, 3.63) is 42.5 Å². The molecule has 0 atom stereocenters. The first-order valence-electron chi connectivity index (χ1n) is 10.1. The predicted molar refractivity (Wildman–Crippen MR) is 121 cm³/mol. The van der Waals surface area contributed by atoms with E-state index in [9.17, 15) is 0 Å². The average molecular weight is 397 g/mol. The lowest BCUT2D eigenvalue weighted by Crippen LogP contribution is -2.38. The maximum atomic E-state index is 5.49. The Morgan fingerprint density at radius 3 is 2.68 bits per heavy atom. The number of aromatic nitrogens is 1. The van der Waals surface area contributed by atoms with Crippen LogP contribution in [0.15, 0.2) is 42.5 Å². The summed E-state index contributed by atoms with van der Waals surface area (Å²) in [5, 5.41) is 9.90. The first-order valence-corrected chi connectivity index (χ1v) is 10.5. The summed E-state index contributed by atoms with van der Waals surface area (Å²) in [5.41, 5.74) is 3.57. The Bertz CT molecular complexity index is 962. The van der Waals surface area contributed by atoms with Gasteiger partial charge in [-0.3, -0.25) is 4.90 Å². The van der Waals surface area contributed by atoms with Crippen LogP contribution >= 0.6 is 12.2 Å². The molecule has 28 heavy (non-hydrogen) atoms. The van der Waals surface area contributed by atoms with Crippen LogP contribution in [0.1, 0.15) is 13.3 Å². The third-order valence-electron chi connectivity index (χ3n) is 5.39. The van der Waals surface area contributed by atoms with E-state index < -0.39 is 0 Å². The topological polar surface area (TPSA) is 41.5 Å². The van der Waals surface area contributed by atoms with Gasteiger partial charge in [0.15, 0.2) is 5.11 Å². The number of anilines is 1. The van der Waals surface area contributed by atoms with Crippen LogP contribution in [0.25, 0.3) is 21.8 Å². The van der Waals surface area contributed by atoms with Crippen LogP contribution in [-0.4, -0.2) is 54.0 Å². The smallest absolute Gasteiger partial charge is 0.170 e. The SMILES string of the molecule is CCn1c2ccccc2c2cc(NC(=S)NCCCN3CCOCC3)ccc21. The Balaban J connectivity index is 1.37. The molecular formula is C22H28N4OS. The molecule has 1 fully saturated rings. The standard InChI is InChI=1S/C22H28N4OS/c1-2-26-20-7-4-3-6-18(20)19-16-17(8-9-21(19)26)24-22(28)23-10-5-11-25-12-14-27-15-13-25/h3-4,6-9,16H,2,5,10-15H2,1H3,(H2,23,24,28). The number of morpholine rings is 1.